The topological polar surface area (TPSA) is 87.7 Å². The molecule has 1 unspecified atom stereocenters. The summed E-state index contributed by atoms with van der Waals surface area (Å²) >= 11 is 0. The fraction of sp³-hybridized carbons (Fsp3) is 0.467. The minimum Gasteiger partial charge on any atom is -0.492 e. The number of amides is 2. The molecule has 1 aromatic carbocycles. The monoisotopic (exact) mass is 294 g/mol. The lowest BCUT2D eigenvalue weighted by atomic mass is 10.0. The number of carbonyl (C=O) groups excluding carboxylic acids is 1. The third-order valence-electron chi connectivity index (χ3n) is 2.93. The zero-order valence-corrected chi connectivity index (χ0v) is 12.4. The van der Waals surface area contributed by atoms with Gasteiger partial charge in [0, 0.05) is 6.54 Å². The molecule has 0 fully saturated rings. The number of aliphatic carboxylic acids is 1. The largest absolute Gasteiger partial charge is 0.492 e. The molecule has 0 bridgehead atoms. The van der Waals surface area contributed by atoms with Crippen molar-refractivity contribution in [3.8, 4) is 5.75 Å². The zero-order valence-electron chi connectivity index (χ0n) is 12.4. The second-order valence-corrected chi connectivity index (χ2v) is 4.59. The van der Waals surface area contributed by atoms with Crippen LogP contribution in [0.4, 0.5) is 10.5 Å². The van der Waals surface area contributed by atoms with Crippen LogP contribution in [0.1, 0.15) is 26.7 Å². The van der Waals surface area contributed by atoms with E-state index in [4.69, 9.17) is 9.84 Å². The van der Waals surface area contributed by atoms with Gasteiger partial charge < -0.3 is 20.5 Å². The average molecular weight is 294 g/mol. The summed E-state index contributed by atoms with van der Waals surface area (Å²) in [7, 11) is 0. The van der Waals surface area contributed by atoms with E-state index in [-0.39, 0.29) is 6.54 Å². The first-order valence-electron chi connectivity index (χ1n) is 7.07. The third-order valence-corrected chi connectivity index (χ3v) is 2.93. The molecule has 21 heavy (non-hydrogen) atoms. The zero-order chi connectivity index (χ0) is 15.7. The minimum atomic E-state index is -0.896. The molecular formula is C15H22N2O4. The van der Waals surface area contributed by atoms with Gasteiger partial charge in [-0.2, -0.15) is 0 Å². The molecule has 0 aromatic heterocycles. The van der Waals surface area contributed by atoms with E-state index in [1.807, 2.05) is 19.9 Å². The van der Waals surface area contributed by atoms with Crippen LogP contribution in [0, 0.1) is 5.92 Å². The summed E-state index contributed by atoms with van der Waals surface area (Å²) in [6, 6.07) is 6.65. The maximum Gasteiger partial charge on any atom is 0.319 e. The van der Waals surface area contributed by atoms with Gasteiger partial charge in [-0.05, 0) is 25.5 Å². The molecule has 1 rings (SSSR count). The van der Waals surface area contributed by atoms with Crippen LogP contribution in [0.2, 0.25) is 0 Å². The number of anilines is 1. The van der Waals surface area contributed by atoms with Crippen molar-refractivity contribution < 1.29 is 19.4 Å². The molecule has 0 radical (unpaired) electrons. The molecule has 0 heterocycles. The Bertz CT molecular complexity index is 476. The van der Waals surface area contributed by atoms with Crippen LogP contribution < -0.4 is 15.4 Å². The third kappa shape index (κ3) is 5.72. The molecule has 0 saturated carbocycles. The Balaban J connectivity index is 2.55. The first-order valence-corrected chi connectivity index (χ1v) is 7.07. The Labute approximate surface area is 124 Å². The average Bonchev–Trinajstić information content (AvgIpc) is 2.45. The van der Waals surface area contributed by atoms with Gasteiger partial charge in [-0.3, -0.25) is 4.79 Å². The normalized spacial score (nSPS) is 11.5. The second kappa shape index (κ2) is 8.84. The first kappa shape index (κ1) is 16.8. The van der Waals surface area contributed by atoms with E-state index in [1.54, 1.807) is 18.2 Å². The number of hydrogen-bond donors (Lipinski definition) is 3. The highest BCUT2D eigenvalue weighted by Crippen LogP contribution is 2.23. The van der Waals surface area contributed by atoms with Gasteiger partial charge in [0.05, 0.1) is 18.2 Å². The van der Waals surface area contributed by atoms with Crippen molar-refractivity contribution in [1.82, 2.24) is 5.32 Å². The van der Waals surface area contributed by atoms with Crippen molar-refractivity contribution in [2.75, 3.05) is 18.5 Å². The Hall–Kier alpha value is -2.24. The van der Waals surface area contributed by atoms with E-state index >= 15 is 0 Å². The molecule has 3 N–H and O–H groups in total. The van der Waals surface area contributed by atoms with Gasteiger partial charge in [0.2, 0.25) is 0 Å². The van der Waals surface area contributed by atoms with E-state index in [2.05, 4.69) is 10.6 Å². The molecule has 6 nitrogen and oxygen atoms in total. The number of rotatable bonds is 8. The number of carboxylic acids is 1. The summed E-state index contributed by atoms with van der Waals surface area (Å²) in [4.78, 5) is 22.8. The quantitative estimate of drug-likeness (QED) is 0.688. The molecule has 0 aliphatic carbocycles. The lowest BCUT2D eigenvalue weighted by molar-refractivity contribution is -0.141. The molecule has 1 atom stereocenters. The molecular weight excluding hydrogens is 272 g/mol. The van der Waals surface area contributed by atoms with Crippen LogP contribution in [0.25, 0.3) is 0 Å². The molecule has 2 amide bonds. The summed E-state index contributed by atoms with van der Waals surface area (Å²) < 4.78 is 5.40. The minimum absolute atomic E-state index is 0.103. The molecule has 0 spiro atoms. The Kier molecular flexibility index (Phi) is 7.08. The van der Waals surface area contributed by atoms with Crippen LogP contribution in [-0.4, -0.2) is 30.3 Å². The first-order chi connectivity index (χ1) is 10.1. The fourth-order valence-electron chi connectivity index (χ4n) is 1.89. The van der Waals surface area contributed by atoms with Crippen molar-refractivity contribution in [2.24, 2.45) is 5.92 Å². The highest BCUT2D eigenvalue weighted by molar-refractivity contribution is 5.91. The summed E-state index contributed by atoms with van der Waals surface area (Å²) in [6.45, 7) is 4.37. The Morgan fingerprint density at radius 1 is 1.29 bits per heavy atom. The van der Waals surface area contributed by atoms with Crippen molar-refractivity contribution in [2.45, 2.75) is 26.7 Å². The van der Waals surface area contributed by atoms with Crippen molar-refractivity contribution in [3.63, 3.8) is 0 Å². The van der Waals surface area contributed by atoms with E-state index in [0.29, 0.717) is 24.5 Å². The van der Waals surface area contributed by atoms with Crippen LogP contribution >= 0.6 is 0 Å². The predicted molar refractivity (Wildman–Crippen MR) is 80.7 cm³/mol. The number of para-hydroxylation sites is 2. The van der Waals surface area contributed by atoms with Gasteiger partial charge in [0.15, 0.2) is 0 Å². The number of urea groups is 1. The number of ether oxygens (including phenoxy) is 1. The smallest absolute Gasteiger partial charge is 0.319 e. The molecule has 1 aromatic rings. The van der Waals surface area contributed by atoms with Gasteiger partial charge in [0.25, 0.3) is 0 Å². The van der Waals surface area contributed by atoms with Crippen LogP contribution in [0.5, 0.6) is 5.75 Å². The Morgan fingerprint density at radius 2 is 2.00 bits per heavy atom. The summed E-state index contributed by atoms with van der Waals surface area (Å²) in [5.74, 6) is -0.881. The molecule has 6 heteroatoms. The van der Waals surface area contributed by atoms with Gasteiger partial charge in [-0.25, -0.2) is 4.79 Å². The van der Waals surface area contributed by atoms with E-state index in [1.165, 1.54) is 0 Å². The van der Waals surface area contributed by atoms with Crippen molar-refractivity contribution in [1.29, 1.82) is 0 Å². The SMILES string of the molecule is CCCC(CNC(=O)Nc1ccccc1OCC)C(=O)O. The highest BCUT2D eigenvalue weighted by Gasteiger charge is 2.17. The number of benzene rings is 1. The molecule has 0 aliphatic heterocycles. The number of carboxylic acid groups (broad SMARTS) is 1. The number of nitrogens with one attached hydrogen (secondary N) is 2. The van der Waals surface area contributed by atoms with Crippen molar-refractivity contribution in [3.05, 3.63) is 24.3 Å². The van der Waals surface area contributed by atoms with E-state index in [0.717, 1.165) is 6.42 Å². The second-order valence-electron chi connectivity index (χ2n) is 4.59. The maximum absolute atomic E-state index is 11.8. The highest BCUT2D eigenvalue weighted by atomic mass is 16.5. The maximum atomic E-state index is 11.8. The number of carbonyl (C=O) groups is 2. The van der Waals surface area contributed by atoms with Crippen molar-refractivity contribution >= 4 is 17.7 Å². The summed E-state index contributed by atoms with van der Waals surface area (Å²) in [6.07, 6.45) is 1.29. The summed E-state index contributed by atoms with van der Waals surface area (Å²) in [5.41, 5.74) is 0.555. The molecule has 0 saturated heterocycles. The van der Waals surface area contributed by atoms with Gasteiger partial charge >= 0.3 is 12.0 Å². The summed E-state index contributed by atoms with van der Waals surface area (Å²) in [5, 5.41) is 14.3. The molecule has 116 valence electrons. The Morgan fingerprint density at radius 3 is 2.62 bits per heavy atom. The van der Waals surface area contributed by atoms with Crippen LogP contribution in [0.3, 0.4) is 0 Å². The van der Waals surface area contributed by atoms with Gasteiger partial charge in [-0.1, -0.05) is 25.5 Å². The fourth-order valence-corrected chi connectivity index (χ4v) is 1.89. The van der Waals surface area contributed by atoms with Gasteiger partial charge in [-0.15, -0.1) is 0 Å². The van der Waals surface area contributed by atoms with Crippen LogP contribution in [-0.2, 0) is 4.79 Å². The van der Waals surface area contributed by atoms with E-state index < -0.39 is 17.9 Å². The molecule has 0 aliphatic rings. The van der Waals surface area contributed by atoms with Gasteiger partial charge in [0.1, 0.15) is 5.75 Å². The lowest BCUT2D eigenvalue weighted by Gasteiger charge is -2.14. The number of hydrogen-bond acceptors (Lipinski definition) is 3. The van der Waals surface area contributed by atoms with Crippen LogP contribution in [0.15, 0.2) is 24.3 Å². The predicted octanol–water partition coefficient (Wildman–Crippen LogP) is 2.71. The van der Waals surface area contributed by atoms with E-state index in [9.17, 15) is 9.59 Å². The lowest BCUT2D eigenvalue weighted by Crippen LogP contribution is -2.35. The standard InChI is InChI=1S/C15H22N2O4/c1-3-7-11(14(18)19)10-16-15(20)17-12-8-5-6-9-13(12)21-4-2/h5-6,8-9,11H,3-4,7,10H2,1-2H3,(H,18,19)(H2,16,17,20).